The van der Waals surface area contributed by atoms with E-state index in [-0.39, 0.29) is 29.9 Å². The highest BCUT2D eigenvalue weighted by Crippen LogP contribution is 2.01. The van der Waals surface area contributed by atoms with Crippen molar-refractivity contribution in [1.29, 1.82) is 0 Å². The number of halogens is 1. The topological polar surface area (TPSA) is 26.3 Å². The lowest BCUT2D eigenvalue weighted by Crippen LogP contribution is -3.00. The first kappa shape index (κ1) is 17.6. The minimum absolute atomic E-state index is 0. The second-order valence-corrected chi connectivity index (χ2v) is 4.31. The van der Waals surface area contributed by atoms with Crippen LogP contribution in [-0.4, -0.2) is 44.2 Å². The Bertz CT molecular complexity index is 172. The van der Waals surface area contributed by atoms with Gasteiger partial charge in [0.05, 0.1) is 33.8 Å². The smallest absolute Gasteiger partial charge is 0.305 e. The highest BCUT2D eigenvalue weighted by atomic mass is 127. The van der Waals surface area contributed by atoms with E-state index in [1.54, 1.807) is 0 Å². The van der Waals surface area contributed by atoms with Crippen LogP contribution >= 0.6 is 0 Å². The zero-order valence-electron chi connectivity index (χ0n) is 10.4. The summed E-state index contributed by atoms with van der Waals surface area (Å²) in [6, 6.07) is 0. The summed E-state index contributed by atoms with van der Waals surface area (Å²) in [6.45, 7) is 6.83. The summed E-state index contributed by atoms with van der Waals surface area (Å²) >= 11 is 0. The van der Waals surface area contributed by atoms with E-state index in [0.717, 1.165) is 17.4 Å². The summed E-state index contributed by atoms with van der Waals surface area (Å²) in [4.78, 5) is 10.8. The van der Waals surface area contributed by atoms with Crippen molar-refractivity contribution >= 4 is 5.97 Å². The van der Waals surface area contributed by atoms with Gasteiger partial charge in [0.25, 0.3) is 0 Å². The van der Waals surface area contributed by atoms with Gasteiger partial charge in [-0.25, -0.2) is 0 Å². The number of rotatable bonds is 7. The molecule has 0 bridgehead atoms. The molecule has 0 unspecified atom stereocenters. The van der Waals surface area contributed by atoms with Crippen molar-refractivity contribution in [2.75, 3.05) is 33.8 Å². The van der Waals surface area contributed by atoms with Crippen molar-refractivity contribution in [3.05, 3.63) is 0 Å². The Kier molecular flexibility index (Phi) is 11.0. The Morgan fingerprint density at radius 2 is 1.80 bits per heavy atom. The molecule has 0 N–H and O–H groups in total. The summed E-state index contributed by atoms with van der Waals surface area (Å²) in [6.07, 6.45) is 2.63. The predicted molar refractivity (Wildman–Crippen MR) is 58.0 cm³/mol. The van der Waals surface area contributed by atoms with E-state index < -0.39 is 0 Å². The molecule has 0 fully saturated rings. The van der Waals surface area contributed by atoms with Gasteiger partial charge in [0.15, 0.2) is 0 Å². The largest absolute Gasteiger partial charge is 1.00 e. The Hall–Kier alpha value is 0.160. The SMILES string of the molecule is CCC[N+](C)(C)CCCOC(=O)CC.[I-]. The first-order valence-electron chi connectivity index (χ1n) is 5.49. The van der Waals surface area contributed by atoms with E-state index in [0.29, 0.717) is 13.0 Å². The number of carbonyl (C=O) groups is 1. The van der Waals surface area contributed by atoms with Crippen LogP contribution in [0.1, 0.15) is 33.1 Å². The van der Waals surface area contributed by atoms with Gasteiger partial charge in [-0.2, -0.15) is 0 Å². The third kappa shape index (κ3) is 10.4. The van der Waals surface area contributed by atoms with Gasteiger partial charge in [-0.3, -0.25) is 4.79 Å². The van der Waals surface area contributed by atoms with Crippen LogP contribution in [0.2, 0.25) is 0 Å². The fourth-order valence-corrected chi connectivity index (χ4v) is 1.50. The van der Waals surface area contributed by atoms with Crippen LogP contribution in [0, 0.1) is 0 Å². The molecular weight excluding hydrogens is 305 g/mol. The Morgan fingerprint density at radius 1 is 1.20 bits per heavy atom. The zero-order valence-corrected chi connectivity index (χ0v) is 12.5. The maximum Gasteiger partial charge on any atom is 0.305 e. The molecule has 0 aliphatic heterocycles. The minimum Gasteiger partial charge on any atom is -1.00 e. The number of ether oxygens (including phenoxy) is 1. The molecule has 3 nitrogen and oxygen atoms in total. The second-order valence-electron chi connectivity index (χ2n) is 4.31. The van der Waals surface area contributed by atoms with Crippen molar-refractivity contribution in [1.82, 2.24) is 0 Å². The van der Waals surface area contributed by atoms with Gasteiger partial charge >= 0.3 is 5.97 Å². The lowest BCUT2D eigenvalue weighted by Gasteiger charge is -2.29. The van der Waals surface area contributed by atoms with Crippen LogP contribution in [0.4, 0.5) is 0 Å². The van der Waals surface area contributed by atoms with Crippen molar-refractivity contribution < 1.29 is 38.0 Å². The molecule has 92 valence electrons. The van der Waals surface area contributed by atoms with E-state index in [1.165, 1.54) is 13.0 Å². The molecule has 0 rings (SSSR count). The van der Waals surface area contributed by atoms with Crippen molar-refractivity contribution in [2.24, 2.45) is 0 Å². The van der Waals surface area contributed by atoms with Gasteiger partial charge in [-0.15, -0.1) is 0 Å². The van der Waals surface area contributed by atoms with Crippen LogP contribution in [0.3, 0.4) is 0 Å². The number of quaternary nitrogens is 1. The average Bonchev–Trinajstić information content (AvgIpc) is 2.12. The van der Waals surface area contributed by atoms with Gasteiger partial charge in [-0.05, 0) is 6.42 Å². The van der Waals surface area contributed by atoms with E-state index >= 15 is 0 Å². The van der Waals surface area contributed by atoms with E-state index in [2.05, 4.69) is 21.0 Å². The van der Waals surface area contributed by atoms with Crippen molar-refractivity contribution in [3.63, 3.8) is 0 Å². The third-order valence-corrected chi connectivity index (χ3v) is 2.29. The van der Waals surface area contributed by atoms with E-state index in [1.807, 2.05) is 6.92 Å². The molecular formula is C11H24INO2. The average molecular weight is 329 g/mol. The standard InChI is InChI=1S/C11H24NO2.HI/c1-5-8-12(3,4)9-7-10-14-11(13)6-2;/h5-10H2,1-4H3;1H/q+1;/p-1. The van der Waals surface area contributed by atoms with E-state index in [4.69, 9.17) is 4.74 Å². The Labute approximate surface area is 111 Å². The minimum atomic E-state index is -0.0919. The maximum atomic E-state index is 10.8. The van der Waals surface area contributed by atoms with Crippen LogP contribution in [0.25, 0.3) is 0 Å². The Morgan fingerprint density at radius 3 is 2.27 bits per heavy atom. The molecule has 4 heteroatoms. The van der Waals surface area contributed by atoms with Gasteiger partial charge in [-0.1, -0.05) is 13.8 Å². The molecule has 0 aromatic heterocycles. The Balaban J connectivity index is 0. The molecule has 0 aromatic rings. The summed E-state index contributed by atoms with van der Waals surface area (Å²) in [7, 11) is 4.43. The van der Waals surface area contributed by atoms with Gasteiger partial charge in [0, 0.05) is 12.8 Å². The molecule has 0 spiro atoms. The third-order valence-electron chi connectivity index (χ3n) is 2.29. The molecule has 0 radical (unpaired) electrons. The highest BCUT2D eigenvalue weighted by molar-refractivity contribution is 5.68. The predicted octanol–water partition coefficient (Wildman–Crippen LogP) is -1.18. The molecule has 0 saturated carbocycles. The number of hydrogen-bond acceptors (Lipinski definition) is 2. The van der Waals surface area contributed by atoms with Gasteiger partial charge in [0.1, 0.15) is 0 Å². The normalized spacial score (nSPS) is 10.7. The molecule has 15 heavy (non-hydrogen) atoms. The molecule has 0 aliphatic rings. The van der Waals surface area contributed by atoms with Gasteiger partial charge in [0.2, 0.25) is 0 Å². The lowest BCUT2D eigenvalue weighted by molar-refractivity contribution is -0.890. The first-order valence-corrected chi connectivity index (χ1v) is 5.49. The molecule has 0 atom stereocenters. The molecule has 0 saturated heterocycles. The van der Waals surface area contributed by atoms with Crippen LogP contribution in [0.5, 0.6) is 0 Å². The van der Waals surface area contributed by atoms with Crippen molar-refractivity contribution in [2.45, 2.75) is 33.1 Å². The number of nitrogens with zero attached hydrogens (tertiary/aromatic N) is 1. The van der Waals surface area contributed by atoms with Crippen LogP contribution in [0.15, 0.2) is 0 Å². The van der Waals surface area contributed by atoms with Crippen molar-refractivity contribution in [3.8, 4) is 0 Å². The fraction of sp³-hybridized carbons (Fsp3) is 0.909. The van der Waals surface area contributed by atoms with Gasteiger partial charge < -0.3 is 33.2 Å². The number of esters is 1. The molecule has 0 heterocycles. The maximum absolute atomic E-state index is 10.8. The van der Waals surface area contributed by atoms with Crippen LogP contribution in [-0.2, 0) is 9.53 Å². The fourth-order valence-electron chi connectivity index (χ4n) is 1.50. The summed E-state index contributed by atoms with van der Waals surface area (Å²) in [5.41, 5.74) is 0. The monoisotopic (exact) mass is 329 g/mol. The zero-order chi connectivity index (χ0) is 11.0. The second kappa shape index (κ2) is 9.39. The van der Waals surface area contributed by atoms with Crippen LogP contribution < -0.4 is 24.0 Å². The number of hydrogen-bond donors (Lipinski definition) is 0. The first-order chi connectivity index (χ1) is 6.52. The summed E-state index contributed by atoms with van der Waals surface area (Å²) in [5.74, 6) is -0.0919. The lowest BCUT2D eigenvalue weighted by atomic mass is 10.3. The summed E-state index contributed by atoms with van der Waals surface area (Å²) in [5, 5.41) is 0. The molecule has 0 aliphatic carbocycles. The molecule has 0 aromatic carbocycles. The summed E-state index contributed by atoms with van der Waals surface area (Å²) < 4.78 is 6.03. The molecule has 0 amide bonds. The quantitative estimate of drug-likeness (QED) is 0.254. The number of carbonyl (C=O) groups excluding carboxylic acids is 1. The highest BCUT2D eigenvalue weighted by Gasteiger charge is 2.12. The van der Waals surface area contributed by atoms with E-state index in [9.17, 15) is 4.79 Å².